The summed E-state index contributed by atoms with van der Waals surface area (Å²) in [7, 11) is 0. The van der Waals surface area contributed by atoms with Gasteiger partial charge in [-0.15, -0.1) is 11.3 Å². The highest BCUT2D eigenvalue weighted by Crippen LogP contribution is 2.34. The Bertz CT molecular complexity index is 937. The molecule has 0 unspecified atom stereocenters. The van der Waals surface area contributed by atoms with E-state index in [2.05, 4.69) is 20.3 Å². The number of anilines is 2. The van der Waals surface area contributed by atoms with E-state index in [-0.39, 0.29) is 6.42 Å². The van der Waals surface area contributed by atoms with Gasteiger partial charge < -0.3 is 10.4 Å². The molecule has 134 valence electrons. The van der Waals surface area contributed by atoms with Crippen LogP contribution in [0.4, 0.5) is 11.6 Å². The van der Waals surface area contributed by atoms with Crippen molar-refractivity contribution in [2.24, 2.45) is 0 Å². The van der Waals surface area contributed by atoms with Crippen LogP contribution in [0.2, 0.25) is 0 Å². The minimum atomic E-state index is -0.832. The van der Waals surface area contributed by atoms with Crippen LogP contribution < -0.4 is 5.32 Å². The Morgan fingerprint density at radius 3 is 2.77 bits per heavy atom. The molecule has 0 bridgehead atoms. The molecule has 0 aromatic carbocycles. The van der Waals surface area contributed by atoms with Gasteiger partial charge in [-0.25, -0.2) is 15.0 Å². The number of carboxylic acids is 1. The Labute approximate surface area is 156 Å². The van der Waals surface area contributed by atoms with Gasteiger partial charge in [-0.2, -0.15) is 0 Å². The summed E-state index contributed by atoms with van der Waals surface area (Å²) >= 11 is 1.47. The molecule has 3 rings (SSSR count). The van der Waals surface area contributed by atoms with Crippen LogP contribution in [0, 0.1) is 6.92 Å². The molecule has 0 aliphatic rings. The van der Waals surface area contributed by atoms with Crippen LogP contribution in [0.25, 0.3) is 10.6 Å². The summed E-state index contributed by atoms with van der Waals surface area (Å²) in [4.78, 5) is 25.3. The van der Waals surface area contributed by atoms with Gasteiger partial charge in [0.25, 0.3) is 0 Å². The van der Waals surface area contributed by atoms with Crippen LogP contribution in [0.1, 0.15) is 30.8 Å². The SMILES string of the molecule is Cc1ccnc(Nc2cccc(-c3cnc(C(C)(C)CC(=O)O)s3)n2)c1. The van der Waals surface area contributed by atoms with Gasteiger partial charge in [-0.05, 0) is 36.8 Å². The molecule has 0 amide bonds. The van der Waals surface area contributed by atoms with Gasteiger partial charge in [-0.3, -0.25) is 4.79 Å². The fourth-order valence-corrected chi connectivity index (χ4v) is 3.52. The number of rotatable bonds is 6. The van der Waals surface area contributed by atoms with Gasteiger partial charge in [0.2, 0.25) is 0 Å². The number of hydrogen-bond acceptors (Lipinski definition) is 6. The summed E-state index contributed by atoms with van der Waals surface area (Å²) in [5.74, 6) is 0.601. The van der Waals surface area contributed by atoms with Crippen molar-refractivity contribution in [3.8, 4) is 10.6 Å². The first kappa shape index (κ1) is 18.0. The second kappa shape index (κ2) is 7.21. The lowest BCUT2D eigenvalue weighted by Gasteiger charge is -2.18. The molecule has 0 spiro atoms. The summed E-state index contributed by atoms with van der Waals surface area (Å²) < 4.78 is 0. The van der Waals surface area contributed by atoms with Crippen molar-refractivity contribution in [3.05, 3.63) is 53.3 Å². The van der Waals surface area contributed by atoms with Gasteiger partial charge in [0.1, 0.15) is 11.6 Å². The normalized spacial score (nSPS) is 11.3. The monoisotopic (exact) mass is 368 g/mol. The zero-order valence-electron chi connectivity index (χ0n) is 14.9. The van der Waals surface area contributed by atoms with Crippen LogP contribution in [0.5, 0.6) is 0 Å². The van der Waals surface area contributed by atoms with E-state index >= 15 is 0 Å². The van der Waals surface area contributed by atoms with Crippen LogP contribution in [-0.2, 0) is 10.2 Å². The molecule has 26 heavy (non-hydrogen) atoms. The van der Waals surface area contributed by atoms with E-state index in [1.54, 1.807) is 12.4 Å². The maximum Gasteiger partial charge on any atom is 0.304 e. The molecule has 3 heterocycles. The van der Waals surface area contributed by atoms with Crippen molar-refractivity contribution in [1.29, 1.82) is 0 Å². The zero-order valence-corrected chi connectivity index (χ0v) is 15.7. The molecule has 0 saturated carbocycles. The molecule has 0 saturated heterocycles. The Kier molecular flexibility index (Phi) is 4.99. The Morgan fingerprint density at radius 2 is 2.04 bits per heavy atom. The number of hydrogen-bond donors (Lipinski definition) is 2. The topological polar surface area (TPSA) is 88.0 Å². The Balaban J connectivity index is 1.83. The predicted octanol–water partition coefficient (Wildman–Crippen LogP) is 4.40. The first-order valence-electron chi connectivity index (χ1n) is 8.19. The van der Waals surface area contributed by atoms with E-state index in [9.17, 15) is 4.79 Å². The van der Waals surface area contributed by atoms with Gasteiger partial charge in [0.15, 0.2) is 0 Å². The molecular formula is C19H20N4O2S. The average Bonchev–Trinajstić information content (AvgIpc) is 3.05. The third-order valence-corrected chi connectivity index (χ3v) is 5.24. The minimum Gasteiger partial charge on any atom is -0.481 e. The van der Waals surface area contributed by atoms with Crippen LogP contribution in [-0.4, -0.2) is 26.0 Å². The van der Waals surface area contributed by atoms with Crippen molar-refractivity contribution < 1.29 is 9.90 Å². The van der Waals surface area contributed by atoms with E-state index in [1.165, 1.54) is 11.3 Å². The first-order chi connectivity index (χ1) is 12.3. The molecule has 0 aliphatic carbocycles. The molecule has 0 aliphatic heterocycles. The lowest BCUT2D eigenvalue weighted by molar-refractivity contribution is -0.138. The van der Waals surface area contributed by atoms with Crippen molar-refractivity contribution >= 4 is 28.9 Å². The number of aromatic nitrogens is 3. The maximum atomic E-state index is 11.1. The van der Waals surface area contributed by atoms with Crippen molar-refractivity contribution in [2.75, 3.05) is 5.32 Å². The van der Waals surface area contributed by atoms with Gasteiger partial charge in [-0.1, -0.05) is 19.9 Å². The summed E-state index contributed by atoms with van der Waals surface area (Å²) in [6, 6.07) is 9.60. The Morgan fingerprint density at radius 1 is 1.23 bits per heavy atom. The maximum absolute atomic E-state index is 11.1. The average molecular weight is 368 g/mol. The predicted molar refractivity (Wildman–Crippen MR) is 103 cm³/mol. The second-order valence-electron chi connectivity index (χ2n) is 6.74. The Hall–Kier alpha value is -2.80. The summed E-state index contributed by atoms with van der Waals surface area (Å²) in [5.41, 5.74) is 1.39. The lowest BCUT2D eigenvalue weighted by atomic mass is 9.90. The van der Waals surface area contributed by atoms with E-state index in [0.717, 1.165) is 27.0 Å². The number of aryl methyl sites for hydroxylation is 1. The van der Waals surface area contributed by atoms with Crippen LogP contribution in [0.15, 0.2) is 42.7 Å². The summed E-state index contributed by atoms with van der Waals surface area (Å²) in [6.07, 6.45) is 3.54. The van der Waals surface area contributed by atoms with Gasteiger partial charge >= 0.3 is 5.97 Å². The smallest absolute Gasteiger partial charge is 0.304 e. The van der Waals surface area contributed by atoms with E-state index in [0.29, 0.717) is 5.82 Å². The molecule has 0 radical (unpaired) electrons. The number of carbonyl (C=O) groups is 1. The fraction of sp³-hybridized carbons (Fsp3) is 0.263. The third-order valence-electron chi connectivity index (χ3n) is 3.85. The van der Waals surface area contributed by atoms with Crippen molar-refractivity contribution in [3.63, 3.8) is 0 Å². The molecule has 0 fully saturated rings. The molecule has 7 heteroatoms. The first-order valence-corrected chi connectivity index (χ1v) is 9.00. The number of carboxylic acid groups (broad SMARTS) is 1. The standard InChI is InChI=1S/C19H20N4O2S/c1-12-7-8-20-16(9-12)23-15-6-4-5-13(22-15)14-11-21-18(26-14)19(2,3)10-17(24)25/h4-9,11H,10H2,1-3H3,(H,24,25)(H,20,22,23). The van der Waals surface area contributed by atoms with Crippen molar-refractivity contribution in [2.45, 2.75) is 32.6 Å². The molecular weight excluding hydrogens is 348 g/mol. The third kappa shape index (κ3) is 4.23. The molecule has 3 aromatic rings. The van der Waals surface area contributed by atoms with Gasteiger partial charge in [0.05, 0.1) is 22.0 Å². The minimum absolute atomic E-state index is 0.0357. The zero-order chi connectivity index (χ0) is 18.7. The van der Waals surface area contributed by atoms with E-state index < -0.39 is 11.4 Å². The number of nitrogens with zero attached hydrogens (tertiary/aromatic N) is 3. The van der Waals surface area contributed by atoms with E-state index in [4.69, 9.17) is 5.11 Å². The largest absolute Gasteiger partial charge is 0.481 e. The number of pyridine rings is 2. The number of nitrogens with one attached hydrogen (secondary N) is 1. The molecule has 2 N–H and O–H groups in total. The second-order valence-corrected chi connectivity index (χ2v) is 7.77. The summed E-state index contributed by atoms with van der Waals surface area (Å²) in [5, 5.41) is 13.1. The van der Waals surface area contributed by atoms with Crippen LogP contribution in [0.3, 0.4) is 0 Å². The van der Waals surface area contributed by atoms with Gasteiger partial charge in [0, 0.05) is 17.8 Å². The van der Waals surface area contributed by atoms with Crippen molar-refractivity contribution in [1.82, 2.24) is 15.0 Å². The summed E-state index contributed by atoms with van der Waals surface area (Å²) in [6.45, 7) is 5.78. The number of aliphatic carboxylic acids is 1. The highest BCUT2D eigenvalue weighted by Gasteiger charge is 2.27. The molecule has 3 aromatic heterocycles. The highest BCUT2D eigenvalue weighted by molar-refractivity contribution is 7.15. The fourth-order valence-electron chi connectivity index (χ4n) is 2.54. The highest BCUT2D eigenvalue weighted by atomic mass is 32.1. The van der Waals surface area contributed by atoms with Crippen LogP contribution >= 0.6 is 11.3 Å². The number of thiazole rings is 1. The molecule has 0 atom stereocenters. The van der Waals surface area contributed by atoms with E-state index in [1.807, 2.05) is 51.1 Å². The quantitative estimate of drug-likeness (QED) is 0.670. The molecule has 6 nitrogen and oxygen atoms in total. The lowest BCUT2D eigenvalue weighted by Crippen LogP contribution is -2.21.